The van der Waals surface area contributed by atoms with Gasteiger partial charge in [-0.25, -0.2) is 0 Å². The average molecular weight is 313 g/mol. The van der Waals surface area contributed by atoms with Gasteiger partial charge in [0.05, 0.1) is 0 Å². The first kappa shape index (κ1) is 22.4. The Kier molecular flexibility index (Phi) is 122. The average Bonchev–Trinajstić information content (AvgIpc) is 1.70. The van der Waals surface area contributed by atoms with Crippen LogP contribution in [0.3, 0.4) is 0 Å². The second-order valence-electron chi connectivity index (χ2n) is 1.34. The number of hydrogen-bond donors (Lipinski definition) is 0. The van der Waals surface area contributed by atoms with Gasteiger partial charge in [0.1, 0.15) is 0 Å². The monoisotopic (exact) mass is 313 g/mol. The van der Waals surface area contributed by atoms with E-state index in [0.717, 1.165) is 0 Å². The summed E-state index contributed by atoms with van der Waals surface area (Å²) in [5.74, 6) is 0. The largest absolute Gasteiger partial charge is 0.668 e. The zero-order chi connectivity index (χ0) is 8.12. The molecule has 0 atom stereocenters. The minimum absolute atomic E-state index is 0. The van der Waals surface area contributed by atoms with Gasteiger partial charge in [-0.2, -0.15) is 42.3 Å². The molecule has 0 amide bonds. The van der Waals surface area contributed by atoms with Gasteiger partial charge in [-0.3, -0.25) is 0 Å². The molecule has 0 heterocycles. The number of nitrogens with zero attached hydrogens (tertiary/aromatic N) is 3. The Morgan fingerprint density at radius 2 is 0.500 bits per heavy atom. The van der Waals surface area contributed by atoms with Gasteiger partial charge in [0.2, 0.25) is 0 Å². The summed E-state index contributed by atoms with van der Waals surface area (Å²) >= 11 is 0. The minimum atomic E-state index is 0. The molecule has 0 aliphatic carbocycles. The Bertz CT molecular complexity index is 17.7. The van der Waals surface area contributed by atoms with Gasteiger partial charge in [-0.05, 0) is 0 Å². The van der Waals surface area contributed by atoms with Gasteiger partial charge < -0.3 is 16.0 Å². The Hall–Kier alpha value is 0.620. The third-order valence-electron chi connectivity index (χ3n) is 0. The molecule has 0 aliphatic rings. The molecule has 0 bridgehead atoms. The fourth-order valence-electron chi connectivity index (χ4n) is 0. The van der Waals surface area contributed by atoms with Crippen LogP contribution in [0.25, 0.3) is 16.0 Å². The molecule has 3 nitrogen and oxygen atoms in total. The Morgan fingerprint density at radius 3 is 0.500 bits per heavy atom. The van der Waals surface area contributed by atoms with Gasteiger partial charge in [-0.15, -0.1) is 0 Å². The summed E-state index contributed by atoms with van der Waals surface area (Å²) in [7, 11) is 10.5. The summed E-state index contributed by atoms with van der Waals surface area (Å²) in [6.07, 6.45) is 0. The summed E-state index contributed by atoms with van der Waals surface area (Å²) < 4.78 is 0. The van der Waals surface area contributed by atoms with Gasteiger partial charge in [0, 0.05) is 22.4 Å². The van der Waals surface area contributed by atoms with Crippen LogP contribution in [-0.4, -0.2) is 42.3 Å². The third kappa shape index (κ3) is 1300. The van der Waals surface area contributed by atoms with Crippen molar-refractivity contribution in [1.82, 2.24) is 0 Å². The van der Waals surface area contributed by atoms with E-state index in [0.29, 0.717) is 0 Å². The zero-order valence-electron chi connectivity index (χ0n) is 7.79. The van der Waals surface area contributed by atoms with Gasteiger partial charge in [0.15, 0.2) is 0 Å². The van der Waals surface area contributed by atoms with Gasteiger partial charge >= 0.3 is 0 Å². The second kappa shape index (κ2) is 54.5. The van der Waals surface area contributed by atoms with Gasteiger partial charge in [0.25, 0.3) is 0 Å². The van der Waals surface area contributed by atoms with Crippen LogP contribution in [0.15, 0.2) is 0 Å². The van der Waals surface area contributed by atoms with Crippen molar-refractivity contribution in [3.63, 3.8) is 0 Å². The second-order valence-corrected chi connectivity index (χ2v) is 1.34. The maximum absolute atomic E-state index is 3.50. The van der Waals surface area contributed by atoms with Crippen LogP contribution >= 0.6 is 0 Å². The fraction of sp³-hybridized carbons (Fsp3) is 1.00. The molecule has 10 heavy (non-hydrogen) atoms. The maximum Gasteiger partial charge on any atom is 0 e. The Balaban J connectivity index is -0.0000000257. The predicted octanol–water partition coefficient (Wildman–Crippen LogP) is 1.86. The molecule has 0 aromatic carbocycles. The molecule has 0 rings (SSSR count). The van der Waals surface area contributed by atoms with E-state index in [1.54, 1.807) is 42.3 Å². The van der Waals surface area contributed by atoms with E-state index in [9.17, 15) is 0 Å². The van der Waals surface area contributed by atoms with E-state index in [1.165, 1.54) is 0 Å². The smallest absolute Gasteiger partial charge is 0 e. The molecule has 0 aromatic rings. The molecule has 1 radical (unpaired) electrons. The molecule has 0 spiro atoms. The number of hydrogen-bond acceptors (Lipinski definition) is 0. The van der Waals surface area contributed by atoms with Crippen molar-refractivity contribution in [2.75, 3.05) is 42.3 Å². The third-order valence-corrected chi connectivity index (χ3v) is 0. The molecule has 0 N–H and O–H groups in total. The predicted molar refractivity (Wildman–Crippen MR) is 45.6 cm³/mol. The van der Waals surface area contributed by atoms with Crippen LogP contribution in [0.1, 0.15) is 0 Å². The van der Waals surface area contributed by atoms with Crippen LogP contribution < -0.4 is 0 Å². The molecule has 0 saturated carbocycles. The SMILES string of the molecule is C[N-]C.C[N-]C.C[N-]C.[Ta]. The van der Waals surface area contributed by atoms with Crippen molar-refractivity contribution in [2.45, 2.75) is 0 Å². The first-order valence-electron chi connectivity index (χ1n) is 2.68. The fourth-order valence-corrected chi connectivity index (χ4v) is 0. The van der Waals surface area contributed by atoms with Crippen LogP contribution in [0, 0.1) is 0 Å². The Labute approximate surface area is 80.9 Å². The minimum Gasteiger partial charge on any atom is -0.668 e. The zero-order valence-corrected chi connectivity index (χ0v) is 11.0. The molecular weight excluding hydrogens is 295 g/mol. The topological polar surface area (TPSA) is 42.3 Å². The quantitative estimate of drug-likeness (QED) is 0.655. The van der Waals surface area contributed by atoms with Crippen molar-refractivity contribution in [2.24, 2.45) is 0 Å². The summed E-state index contributed by atoms with van der Waals surface area (Å²) in [4.78, 5) is 0. The summed E-state index contributed by atoms with van der Waals surface area (Å²) in [6.45, 7) is 0. The normalized spacial score (nSPS) is 5.40. The molecule has 0 fully saturated rings. The first-order chi connectivity index (χ1) is 4.24. The van der Waals surface area contributed by atoms with Crippen LogP contribution in [0.5, 0.6) is 0 Å². The molecule has 0 unspecified atom stereocenters. The standard InChI is InChI=1S/3C2H6N.Ta/c3*1-3-2;/h3*1-2H3;/q3*-1;. The summed E-state index contributed by atoms with van der Waals surface area (Å²) in [5, 5.41) is 10.5. The maximum atomic E-state index is 3.50. The van der Waals surface area contributed by atoms with Crippen molar-refractivity contribution in [1.29, 1.82) is 0 Å². The number of rotatable bonds is 0. The van der Waals surface area contributed by atoms with E-state index in [4.69, 9.17) is 0 Å². The molecule has 0 aliphatic heterocycles. The molecule has 0 aromatic heterocycles. The first-order valence-corrected chi connectivity index (χ1v) is 2.68. The van der Waals surface area contributed by atoms with E-state index in [1.807, 2.05) is 0 Å². The van der Waals surface area contributed by atoms with Crippen molar-refractivity contribution < 1.29 is 22.4 Å². The van der Waals surface area contributed by atoms with Gasteiger partial charge in [-0.1, -0.05) is 0 Å². The molecule has 65 valence electrons. The van der Waals surface area contributed by atoms with Crippen LogP contribution in [0.4, 0.5) is 0 Å². The van der Waals surface area contributed by atoms with Crippen LogP contribution in [0.2, 0.25) is 0 Å². The molecule has 4 heteroatoms. The summed E-state index contributed by atoms with van der Waals surface area (Å²) in [6, 6.07) is 0. The van der Waals surface area contributed by atoms with Crippen LogP contribution in [-0.2, 0) is 22.4 Å². The summed E-state index contributed by atoms with van der Waals surface area (Å²) in [5.41, 5.74) is 0. The van der Waals surface area contributed by atoms with E-state index in [2.05, 4.69) is 16.0 Å². The Morgan fingerprint density at radius 1 is 0.500 bits per heavy atom. The molecular formula is C6H18N3Ta-3. The van der Waals surface area contributed by atoms with E-state index in [-0.39, 0.29) is 22.4 Å². The molecule has 0 saturated heterocycles. The van der Waals surface area contributed by atoms with Crippen molar-refractivity contribution in [3.8, 4) is 0 Å². The van der Waals surface area contributed by atoms with E-state index >= 15 is 0 Å². The van der Waals surface area contributed by atoms with Crippen molar-refractivity contribution in [3.05, 3.63) is 16.0 Å². The van der Waals surface area contributed by atoms with Crippen molar-refractivity contribution >= 4 is 0 Å². The van der Waals surface area contributed by atoms with E-state index < -0.39 is 0 Å².